The van der Waals surface area contributed by atoms with Crippen molar-refractivity contribution in [1.82, 2.24) is 0 Å². The normalized spacial score (nSPS) is 10.4. The number of hydrogen-bond donors (Lipinski definition) is 1. The third-order valence-electron chi connectivity index (χ3n) is 2.19. The van der Waals surface area contributed by atoms with Crippen molar-refractivity contribution in [2.75, 3.05) is 0 Å². The maximum Gasteiger partial charge on any atom is 0.137 e. The highest BCUT2D eigenvalue weighted by atomic mass is 79.9. The van der Waals surface area contributed by atoms with E-state index in [0.29, 0.717) is 20.6 Å². The van der Waals surface area contributed by atoms with Gasteiger partial charge in [0.2, 0.25) is 0 Å². The minimum absolute atomic E-state index is 0.0190. The summed E-state index contributed by atoms with van der Waals surface area (Å²) in [5, 5.41) is 10.3. The fourth-order valence-corrected chi connectivity index (χ4v) is 2.26. The molecule has 0 aliphatic rings. The first-order valence-electron chi connectivity index (χ1n) is 4.52. The van der Waals surface area contributed by atoms with Gasteiger partial charge in [-0.2, -0.15) is 0 Å². The fourth-order valence-electron chi connectivity index (χ4n) is 1.45. The molecule has 2 aromatic rings. The molecule has 2 aromatic carbocycles. The first kappa shape index (κ1) is 11.4. The van der Waals surface area contributed by atoms with E-state index in [0.717, 1.165) is 0 Å². The Hall–Kier alpha value is -1.06. The van der Waals surface area contributed by atoms with Crippen molar-refractivity contribution in [2.24, 2.45) is 0 Å². The van der Waals surface area contributed by atoms with Crippen molar-refractivity contribution in [3.63, 3.8) is 0 Å². The smallest absolute Gasteiger partial charge is 0.137 e. The second-order valence-corrected chi connectivity index (χ2v) is 4.55. The summed E-state index contributed by atoms with van der Waals surface area (Å²) < 4.78 is 14.0. The number of phenols is 1. The van der Waals surface area contributed by atoms with Gasteiger partial charge in [-0.3, -0.25) is 0 Å². The van der Waals surface area contributed by atoms with Crippen molar-refractivity contribution >= 4 is 27.5 Å². The van der Waals surface area contributed by atoms with Gasteiger partial charge in [-0.05, 0) is 34.1 Å². The van der Waals surface area contributed by atoms with Gasteiger partial charge >= 0.3 is 0 Å². The lowest BCUT2D eigenvalue weighted by Gasteiger charge is -2.08. The number of rotatable bonds is 1. The molecule has 1 nitrogen and oxygen atoms in total. The van der Waals surface area contributed by atoms with Crippen molar-refractivity contribution in [1.29, 1.82) is 0 Å². The van der Waals surface area contributed by atoms with E-state index in [9.17, 15) is 9.50 Å². The maximum absolute atomic E-state index is 13.5. The zero-order chi connectivity index (χ0) is 11.7. The van der Waals surface area contributed by atoms with E-state index in [2.05, 4.69) is 15.9 Å². The Kier molecular flexibility index (Phi) is 3.17. The highest BCUT2D eigenvalue weighted by Crippen LogP contribution is 2.38. The first-order chi connectivity index (χ1) is 7.59. The Morgan fingerprint density at radius 1 is 1.12 bits per heavy atom. The summed E-state index contributed by atoms with van der Waals surface area (Å²) in [6.07, 6.45) is 0. The van der Waals surface area contributed by atoms with Gasteiger partial charge in [-0.15, -0.1) is 0 Å². The average Bonchev–Trinajstić information content (AvgIpc) is 2.24. The van der Waals surface area contributed by atoms with E-state index in [1.807, 2.05) is 0 Å². The van der Waals surface area contributed by atoms with Crippen LogP contribution in [0.15, 0.2) is 40.9 Å². The summed E-state index contributed by atoms with van der Waals surface area (Å²) in [6, 6.07) is 9.31. The van der Waals surface area contributed by atoms with Crippen LogP contribution in [0.1, 0.15) is 0 Å². The molecule has 0 fully saturated rings. The van der Waals surface area contributed by atoms with E-state index in [1.54, 1.807) is 24.3 Å². The average molecular weight is 302 g/mol. The molecule has 82 valence electrons. The molecule has 0 aliphatic heterocycles. The summed E-state index contributed by atoms with van der Waals surface area (Å²) >= 11 is 9.02. The second-order valence-electron chi connectivity index (χ2n) is 3.26. The van der Waals surface area contributed by atoms with Crippen LogP contribution in [-0.4, -0.2) is 5.11 Å². The van der Waals surface area contributed by atoms with E-state index < -0.39 is 5.82 Å². The van der Waals surface area contributed by atoms with E-state index in [1.165, 1.54) is 12.1 Å². The van der Waals surface area contributed by atoms with Crippen LogP contribution in [0.2, 0.25) is 5.02 Å². The Bertz CT molecular complexity index is 543. The molecule has 0 amide bonds. The predicted molar refractivity (Wildman–Crippen MR) is 66.2 cm³/mol. The SMILES string of the molecule is Oc1c(Br)cc(Cl)cc1-c1ccccc1F. The van der Waals surface area contributed by atoms with Crippen LogP contribution in [0.25, 0.3) is 11.1 Å². The van der Waals surface area contributed by atoms with Gasteiger partial charge in [0.05, 0.1) is 4.47 Å². The largest absolute Gasteiger partial charge is 0.506 e. The molecule has 0 saturated heterocycles. The van der Waals surface area contributed by atoms with Crippen LogP contribution in [-0.2, 0) is 0 Å². The standard InChI is InChI=1S/C12H7BrClFO/c13-10-6-7(14)5-9(12(10)16)8-3-1-2-4-11(8)15/h1-6,16H. The molecule has 0 aromatic heterocycles. The van der Waals surface area contributed by atoms with Gasteiger partial charge in [0.1, 0.15) is 11.6 Å². The highest BCUT2D eigenvalue weighted by Gasteiger charge is 2.12. The summed E-state index contributed by atoms with van der Waals surface area (Å²) in [7, 11) is 0. The number of hydrogen-bond acceptors (Lipinski definition) is 1. The van der Waals surface area contributed by atoms with Crippen LogP contribution >= 0.6 is 27.5 Å². The minimum atomic E-state index is -0.396. The topological polar surface area (TPSA) is 20.2 Å². The number of benzene rings is 2. The monoisotopic (exact) mass is 300 g/mol. The third kappa shape index (κ3) is 2.06. The molecule has 2 rings (SSSR count). The molecule has 0 atom stereocenters. The molecule has 1 N–H and O–H groups in total. The molecule has 0 saturated carbocycles. The Morgan fingerprint density at radius 3 is 2.50 bits per heavy atom. The Labute approximate surface area is 106 Å². The van der Waals surface area contributed by atoms with Gasteiger partial charge in [-0.1, -0.05) is 29.8 Å². The van der Waals surface area contributed by atoms with Crippen LogP contribution in [0.4, 0.5) is 4.39 Å². The Balaban J connectivity index is 2.69. The van der Waals surface area contributed by atoms with Gasteiger partial charge < -0.3 is 5.11 Å². The predicted octanol–water partition coefficient (Wildman–Crippen LogP) is 4.61. The molecule has 4 heteroatoms. The fraction of sp³-hybridized carbons (Fsp3) is 0. The summed E-state index contributed by atoms with van der Waals surface area (Å²) in [4.78, 5) is 0. The van der Waals surface area contributed by atoms with Crippen molar-refractivity contribution in [2.45, 2.75) is 0 Å². The molecular formula is C12H7BrClFO. The van der Waals surface area contributed by atoms with Crippen LogP contribution in [0.3, 0.4) is 0 Å². The lowest BCUT2D eigenvalue weighted by molar-refractivity contribution is 0.473. The second kappa shape index (κ2) is 4.44. The highest BCUT2D eigenvalue weighted by molar-refractivity contribution is 9.10. The van der Waals surface area contributed by atoms with Crippen LogP contribution < -0.4 is 0 Å². The van der Waals surface area contributed by atoms with E-state index in [4.69, 9.17) is 11.6 Å². The lowest BCUT2D eigenvalue weighted by Crippen LogP contribution is -1.85. The number of aromatic hydroxyl groups is 1. The first-order valence-corrected chi connectivity index (χ1v) is 5.69. The van der Waals surface area contributed by atoms with E-state index >= 15 is 0 Å². The van der Waals surface area contributed by atoms with Crippen LogP contribution in [0.5, 0.6) is 5.75 Å². The van der Waals surface area contributed by atoms with Crippen molar-refractivity contribution < 1.29 is 9.50 Å². The molecule has 0 aliphatic carbocycles. The summed E-state index contributed by atoms with van der Waals surface area (Å²) in [5.41, 5.74) is 0.695. The zero-order valence-corrected chi connectivity index (χ0v) is 10.4. The third-order valence-corrected chi connectivity index (χ3v) is 3.01. The Morgan fingerprint density at radius 2 is 1.81 bits per heavy atom. The molecule has 0 spiro atoms. The van der Waals surface area contributed by atoms with Gasteiger partial charge in [0.25, 0.3) is 0 Å². The molecular weight excluding hydrogens is 294 g/mol. The van der Waals surface area contributed by atoms with Crippen LogP contribution in [0, 0.1) is 5.82 Å². The van der Waals surface area contributed by atoms with Gasteiger partial charge in [0, 0.05) is 16.1 Å². The maximum atomic E-state index is 13.5. The van der Waals surface area contributed by atoms with E-state index in [-0.39, 0.29) is 5.75 Å². The van der Waals surface area contributed by atoms with Gasteiger partial charge in [-0.25, -0.2) is 4.39 Å². The lowest BCUT2D eigenvalue weighted by atomic mass is 10.0. The quantitative estimate of drug-likeness (QED) is 0.815. The molecule has 16 heavy (non-hydrogen) atoms. The molecule has 0 bridgehead atoms. The molecule has 0 radical (unpaired) electrons. The number of phenolic OH excluding ortho intramolecular Hbond substituents is 1. The molecule has 0 heterocycles. The molecule has 0 unspecified atom stereocenters. The number of halogens is 3. The van der Waals surface area contributed by atoms with Crippen molar-refractivity contribution in [3.8, 4) is 16.9 Å². The van der Waals surface area contributed by atoms with Crippen molar-refractivity contribution in [3.05, 3.63) is 51.7 Å². The zero-order valence-electron chi connectivity index (χ0n) is 8.05. The summed E-state index contributed by atoms with van der Waals surface area (Å²) in [5.74, 6) is -0.415. The van der Waals surface area contributed by atoms with Gasteiger partial charge in [0.15, 0.2) is 0 Å². The summed E-state index contributed by atoms with van der Waals surface area (Å²) in [6.45, 7) is 0. The minimum Gasteiger partial charge on any atom is -0.506 e.